The van der Waals surface area contributed by atoms with Gasteiger partial charge in [-0.15, -0.1) is 0 Å². The molecule has 0 aliphatic rings. The van der Waals surface area contributed by atoms with Gasteiger partial charge in [0.2, 0.25) is 5.91 Å². The first kappa shape index (κ1) is 25.2. The van der Waals surface area contributed by atoms with Gasteiger partial charge in [-0.25, -0.2) is 14.2 Å². The lowest BCUT2D eigenvalue weighted by Gasteiger charge is -2.18. The molecule has 0 aliphatic heterocycles. The monoisotopic (exact) mass is 480 g/mol. The molecule has 0 saturated carbocycles. The first-order valence-corrected chi connectivity index (χ1v) is 10.8. The molecule has 0 radical (unpaired) electrons. The number of halogens is 1. The largest absolute Gasteiger partial charge is 0.481 e. The van der Waals surface area contributed by atoms with Crippen LogP contribution in [-0.2, 0) is 14.3 Å². The van der Waals surface area contributed by atoms with Crippen molar-refractivity contribution in [3.63, 3.8) is 0 Å². The van der Waals surface area contributed by atoms with Gasteiger partial charge in [0, 0.05) is 11.8 Å². The van der Waals surface area contributed by atoms with E-state index in [9.17, 15) is 23.9 Å². The fourth-order valence-electron chi connectivity index (χ4n) is 3.26. The number of carbonyl (C=O) groups is 3. The van der Waals surface area contributed by atoms with Crippen LogP contribution in [0, 0.1) is 5.82 Å². The summed E-state index contributed by atoms with van der Waals surface area (Å²) >= 11 is 0. The molecule has 10 heteroatoms. The van der Waals surface area contributed by atoms with E-state index in [1.54, 1.807) is 60.8 Å². The molecule has 1 atom stereocenters. The van der Waals surface area contributed by atoms with Crippen LogP contribution in [0.25, 0.3) is 11.1 Å². The number of anilines is 1. The summed E-state index contributed by atoms with van der Waals surface area (Å²) in [7, 11) is 0. The van der Waals surface area contributed by atoms with Gasteiger partial charge in [-0.3, -0.25) is 9.59 Å². The van der Waals surface area contributed by atoms with E-state index in [1.807, 2.05) is 6.07 Å². The lowest BCUT2D eigenvalue weighted by Crippen LogP contribution is -2.39. The zero-order valence-electron chi connectivity index (χ0n) is 18.7. The van der Waals surface area contributed by atoms with Crippen LogP contribution in [-0.4, -0.2) is 47.8 Å². The van der Waals surface area contributed by atoms with E-state index >= 15 is 0 Å². The molecule has 0 bridgehead atoms. The predicted molar refractivity (Wildman–Crippen MR) is 127 cm³/mol. The number of carboxylic acids is 1. The number of nitrogens with one attached hydrogen (secondary N) is 3. The van der Waals surface area contributed by atoms with E-state index in [0.717, 1.165) is 0 Å². The predicted octanol–water partition coefficient (Wildman–Crippen LogP) is 3.36. The van der Waals surface area contributed by atoms with E-state index in [2.05, 4.69) is 20.9 Å². The molecular formula is C25H25FN4O5. The number of rotatable bonds is 11. The number of pyridine rings is 1. The van der Waals surface area contributed by atoms with Crippen molar-refractivity contribution in [2.75, 3.05) is 25.0 Å². The normalized spacial score (nSPS) is 11.2. The van der Waals surface area contributed by atoms with E-state index in [4.69, 9.17) is 4.74 Å². The first-order valence-electron chi connectivity index (χ1n) is 10.8. The molecule has 2 amide bonds. The summed E-state index contributed by atoms with van der Waals surface area (Å²) in [6.45, 7) is -0.00382. The molecule has 0 saturated heterocycles. The second-order valence-corrected chi connectivity index (χ2v) is 7.45. The second-order valence-electron chi connectivity index (χ2n) is 7.45. The van der Waals surface area contributed by atoms with Crippen LogP contribution in [0.15, 0.2) is 72.9 Å². The lowest BCUT2D eigenvalue weighted by atomic mass is 9.99. The van der Waals surface area contributed by atoms with Gasteiger partial charge in [0.15, 0.2) is 0 Å². The Hall–Kier alpha value is -4.47. The molecule has 182 valence electrons. The van der Waals surface area contributed by atoms with Crippen molar-refractivity contribution in [1.82, 2.24) is 15.6 Å². The van der Waals surface area contributed by atoms with Gasteiger partial charge in [-0.1, -0.05) is 48.5 Å². The van der Waals surface area contributed by atoms with Crippen LogP contribution in [0.2, 0.25) is 0 Å². The smallest absolute Gasteiger partial charge is 0.407 e. The summed E-state index contributed by atoms with van der Waals surface area (Å²) in [5.74, 6) is -1.43. The molecule has 1 aromatic heterocycles. The van der Waals surface area contributed by atoms with Gasteiger partial charge in [-0.05, 0) is 29.3 Å². The van der Waals surface area contributed by atoms with Gasteiger partial charge in [-0.2, -0.15) is 0 Å². The van der Waals surface area contributed by atoms with Crippen molar-refractivity contribution in [3.05, 3.63) is 84.3 Å². The van der Waals surface area contributed by atoms with E-state index in [-0.39, 0.29) is 18.8 Å². The van der Waals surface area contributed by atoms with Crippen LogP contribution in [0.5, 0.6) is 0 Å². The average Bonchev–Trinajstić information content (AvgIpc) is 2.86. The third kappa shape index (κ3) is 8.11. The summed E-state index contributed by atoms with van der Waals surface area (Å²) in [5, 5.41) is 17.1. The molecule has 3 aromatic rings. The fourth-order valence-corrected chi connectivity index (χ4v) is 3.26. The highest BCUT2D eigenvalue weighted by atomic mass is 19.1. The summed E-state index contributed by atoms with van der Waals surface area (Å²) < 4.78 is 19.0. The molecule has 3 rings (SSSR count). The van der Waals surface area contributed by atoms with E-state index in [1.165, 1.54) is 6.07 Å². The van der Waals surface area contributed by atoms with Crippen molar-refractivity contribution in [3.8, 4) is 11.1 Å². The molecule has 2 aromatic carbocycles. The topological polar surface area (TPSA) is 130 Å². The Morgan fingerprint density at radius 3 is 2.43 bits per heavy atom. The maximum absolute atomic E-state index is 14.0. The molecule has 9 nitrogen and oxygen atoms in total. The fraction of sp³-hybridized carbons (Fsp3) is 0.200. The Labute approximate surface area is 201 Å². The Bertz CT molecular complexity index is 1140. The highest BCUT2D eigenvalue weighted by Gasteiger charge is 2.19. The number of benzene rings is 2. The Morgan fingerprint density at radius 2 is 1.74 bits per heavy atom. The van der Waals surface area contributed by atoms with Crippen molar-refractivity contribution in [2.45, 2.75) is 12.5 Å². The zero-order chi connectivity index (χ0) is 25.0. The third-order valence-electron chi connectivity index (χ3n) is 4.91. The van der Waals surface area contributed by atoms with Gasteiger partial charge >= 0.3 is 12.1 Å². The molecule has 1 heterocycles. The van der Waals surface area contributed by atoms with Gasteiger partial charge in [0.25, 0.3) is 0 Å². The summed E-state index contributed by atoms with van der Waals surface area (Å²) in [4.78, 5) is 39.5. The zero-order valence-corrected chi connectivity index (χ0v) is 18.7. The van der Waals surface area contributed by atoms with Gasteiger partial charge in [0.05, 0.1) is 19.0 Å². The molecule has 0 fully saturated rings. The molecule has 1 unspecified atom stereocenters. The summed E-state index contributed by atoms with van der Waals surface area (Å²) in [5.41, 5.74) is 1.56. The van der Waals surface area contributed by atoms with Crippen molar-refractivity contribution < 1.29 is 28.6 Å². The Kier molecular flexibility index (Phi) is 9.12. The SMILES string of the molecule is O=C(O)CC(NC(=O)CNC(=O)OCCNc1ccccn1)c1ccc(-c2ccccc2F)cc1. The molecule has 0 spiro atoms. The number of ether oxygens (including phenoxy) is 1. The quantitative estimate of drug-likeness (QED) is 0.310. The maximum atomic E-state index is 14.0. The molecule has 0 aliphatic carbocycles. The molecule has 35 heavy (non-hydrogen) atoms. The number of alkyl carbamates (subject to hydrolysis) is 1. The summed E-state index contributed by atoms with van der Waals surface area (Å²) in [6.07, 6.45) is 0.477. The Balaban J connectivity index is 1.48. The number of hydrogen-bond acceptors (Lipinski definition) is 6. The van der Waals surface area contributed by atoms with Gasteiger partial charge in [0.1, 0.15) is 24.8 Å². The van der Waals surface area contributed by atoms with Crippen molar-refractivity contribution in [1.29, 1.82) is 0 Å². The van der Waals surface area contributed by atoms with Crippen LogP contribution >= 0.6 is 0 Å². The minimum atomic E-state index is -1.11. The van der Waals surface area contributed by atoms with Crippen molar-refractivity contribution in [2.24, 2.45) is 0 Å². The third-order valence-corrected chi connectivity index (χ3v) is 4.91. The number of carboxylic acid groups (broad SMARTS) is 1. The van der Waals surface area contributed by atoms with E-state index in [0.29, 0.717) is 29.1 Å². The summed E-state index contributed by atoms with van der Waals surface area (Å²) in [6, 6.07) is 17.4. The number of carbonyl (C=O) groups excluding carboxylic acids is 2. The number of aromatic nitrogens is 1. The maximum Gasteiger partial charge on any atom is 0.407 e. The number of hydrogen-bond donors (Lipinski definition) is 4. The van der Waals surface area contributed by atoms with E-state index < -0.39 is 30.6 Å². The van der Waals surface area contributed by atoms with Crippen LogP contribution in [0.1, 0.15) is 18.0 Å². The highest BCUT2D eigenvalue weighted by molar-refractivity contribution is 5.83. The first-order chi connectivity index (χ1) is 16.9. The second kappa shape index (κ2) is 12.7. The average molecular weight is 480 g/mol. The standard InChI is InChI=1S/C25H25FN4O5/c26-20-6-2-1-5-19(20)17-8-10-18(11-9-17)21(15-24(32)33)30-23(31)16-29-25(34)35-14-13-28-22-7-3-4-12-27-22/h1-12,21H,13-16H2,(H,27,28)(H,29,34)(H,30,31)(H,32,33). The minimum Gasteiger partial charge on any atom is -0.481 e. The number of aliphatic carboxylic acids is 1. The minimum absolute atomic E-state index is 0.0556. The Morgan fingerprint density at radius 1 is 1.00 bits per heavy atom. The van der Waals surface area contributed by atoms with Crippen LogP contribution < -0.4 is 16.0 Å². The van der Waals surface area contributed by atoms with Crippen LogP contribution in [0.4, 0.5) is 15.0 Å². The highest BCUT2D eigenvalue weighted by Crippen LogP contribution is 2.25. The van der Waals surface area contributed by atoms with Crippen molar-refractivity contribution >= 4 is 23.8 Å². The molecule has 4 N–H and O–H groups in total. The number of amides is 2. The van der Waals surface area contributed by atoms with Crippen LogP contribution in [0.3, 0.4) is 0 Å². The van der Waals surface area contributed by atoms with Gasteiger partial charge < -0.3 is 25.8 Å². The number of nitrogens with zero attached hydrogens (tertiary/aromatic N) is 1. The molecular weight excluding hydrogens is 455 g/mol. The lowest BCUT2D eigenvalue weighted by molar-refractivity contribution is -0.137.